The van der Waals surface area contributed by atoms with Crippen LogP contribution >= 0.6 is 12.2 Å². The van der Waals surface area contributed by atoms with Gasteiger partial charge in [-0.25, -0.2) is 4.79 Å². The Bertz CT molecular complexity index is 1030. The molecule has 0 spiro atoms. The van der Waals surface area contributed by atoms with Crippen LogP contribution in [0.15, 0.2) is 65.1 Å². The third kappa shape index (κ3) is 4.39. The Balaban J connectivity index is 1.70. The van der Waals surface area contributed by atoms with Crippen LogP contribution in [0, 0.1) is 6.92 Å². The number of anilines is 1. The van der Waals surface area contributed by atoms with Crippen LogP contribution in [-0.2, 0) is 0 Å². The summed E-state index contributed by atoms with van der Waals surface area (Å²) in [7, 11) is 0. The summed E-state index contributed by atoms with van der Waals surface area (Å²) in [5, 5.41) is 14.7. The number of carbonyl (C=O) groups is 2. The van der Waals surface area contributed by atoms with Crippen molar-refractivity contribution in [3.8, 4) is 11.3 Å². The Labute approximate surface area is 160 Å². The molecule has 0 atom stereocenters. The minimum Gasteiger partial charge on any atom is -0.475 e. The van der Waals surface area contributed by atoms with Crippen LogP contribution in [-0.4, -0.2) is 22.1 Å². The van der Waals surface area contributed by atoms with Gasteiger partial charge in [0.15, 0.2) is 5.11 Å². The molecule has 0 unspecified atom stereocenters. The molecule has 0 fully saturated rings. The average molecular weight is 380 g/mol. The van der Waals surface area contributed by atoms with E-state index in [2.05, 4.69) is 10.6 Å². The molecule has 2 aromatic carbocycles. The van der Waals surface area contributed by atoms with Crippen LogP contribution in [0.2, 0.25) is 0 Å². The van der Waals surface area contributed by atoms with E-state index in [1.54, 1.807) is 42.5 Å². The van der Waals surface area contributed by atoms with E-state index >= 15 is 0 Å². The summed E-state index contributed by atoms with van der Waals surface area (Å²) in [6.07, 6.45) is 0. The molecule has 0 bridgehead atoms. The Morgan fingerprint density at radius 2 is 1.81 bits per heavy atom. The normalized spacial score (nSPS) is 10.3. The fourth-order valence-electron chi connectivity index (χ4n) is 2.52. The summed E-state index contributed by atoms with van der Waals surface area (Å²) in [5.74, 6) is -1.13. The Kier molecular flexibility index (Phi) is 5.33. The number of benzene rings is 2. The van der Waals surface area contributed by atoms with Crippen molar-refractivity contribution >= 4 is 34.9 Å². The number of aromatic carboxylic acids is 1. The number of hydrogen-bond donors (Lipinski definition) is 3. The molecule has 0 radical (unpaired) electrons. The van der Waals surface area contributed by atoms with Gasteiger partial charge in [-0.15, -0.1) is 0 Å². The lowest BCUT2D eigenvalue weighted by Gasteiger charge is -2.11. The molecular formula is C20H16N2O4S. The van der Waals surface area contributed by atoms with Crippen LogP contribution < -0.4 is 10.6 Å². The lowest BCUT2D eigenvalue weighted by molar-refractivity contribution is 0.0663. The van der Waals surface area contributed by atoms with Crippen molar-refractivity contribution in [3.05, 3.63) is 77.6 Å². The molecule has 0 aliphatic rings. The van der Waals surface area contributed by atoms with Crippen molar-refractivity contribution < 1.29 is 19.1 Å². The second-order valence-electron chi connectivity index (χ2n) is 5.77. The van der Waals surface area contributed by atoms with Gasteiger partial charge in [0, 0.05) is 16.8 Å². The monoisotopic (exact) mass is 380 g/mol. The van der Waals surface area contributed by atoms with Gasteiger partial charge in [0.1, 0.15) is 5.76 Å². The van der Waals surface area contributed by atoms with Crippen LogP contribution in [0.3, 0.4) is 0 Å². The molecule has 1 heterocycles. The Hall–Kier alpha value is -3.45. The molecule has 27 heavy (non-hydrogen) atoms. The van der Waals surface area contributed by atoms with Crippen LogP contribution in [0.25, 0.3) is 11.3 Å². The molecule has 0 saturated heterocycles. The van der Waals surface area contributed by atoms with Crippen LogP contribution in [0.5, 0.6) is 0 Å². The molecule has 136 valence electrons. The van der Waals surface area contributed by atoms with Crippen LogP contribution in [0.4, 0.5) is 5.69 Å². The maximum Gasteiger partial charge on any atom is 0.371 e. The fraction of sp³-hybridized carbons (Fsp3) is 0.0500. The van der Waals surface area contributed by atoms with Gasteiger partial charge >= 0.3 is 5.97 Å². The number of carboxylic acids is 1. The lowest BCUT2D eigenvalue weighted by Crippen LogP contribution is -2.34. The number of aryl methyl sites for hydroxylation is 1. The highest BCUT2D eigenvalue weighted by Crippen LogP contribution is 2.25. The maximum atomic E-state index is 12.3. The average Bonchev–Trinajstić information content (AvgIpc) is 3.12. The predicted molar refractivity (Wildman–Crippen MR) is 106 cm³/mol. The molecule has 3 N–H and O–H groups in total. The standard InChI is InChI=1S/C20H16N2O4S/c1-12-5-2-3-8-15(12)18(23)22-20(27)21-14-7-4-6-13(11-14)16-9-10-17(26-16)19(24)25/h2-11H,1H3,(H,24,25)(H2,21,22,23,27). The number of nitrogens with one attached hydrogen (secondary N) is 2. The predicted octanol–water partition coefficient (Wildman–Crippen LogP) is 4.08. The van der Waals surface area contributed by atoms with Gasteiger partial charge in [0.2, 0.25) is 5.76 Å². The molecule has 0 aliphatic heterocycles. The van der Waals surface area contributed by atoms with E-state index in [4.69, 9.17) is 21.7 Å². The van der Waals surface area contributed by atoms with Gasteiger partial charge < -0.3 is 14.8 Å². The van der Waals surface area contributed by atoms with Crippen molar-refractivity contribution in [1.82, 2.24) is 5.32 Å². The topological polar surface area (TPSA) is 91.6 Å². The molecule has 1 amide bonds. The molecular weight excluding hydrogens is 364 g/mol. The van der Waals surface area contributed by atoms with E-state index in [0.29, 0.717) is 22.6 Å². The van der Waals surface area contributed by atoms with Crippen LogP contribution in [0.1, 0.15) is 26.5 Å². The fourth-order valence-corrected chi connectivity index (χ4v) is 2.73. The van der Waals surface area contributed by atoms with Gasteiger partial charge in [0.25, 0.3) is 5.91 Å². The van der Waals surface area contributed by atoms with Crippen molar-refractivity contribution in [2.45, 2.75) is 6.92 Å². The number of thiocarbonyl (C=S) groups is 1. The van der Waals surface area contributed by atoms with Crippen molar-refractivity contribution in [2.75, 3.05) is 5.32 Å². The number of furan rings is 1. The van der Waals surface area contributed by atoms with Crippen molar-refractivity contribution in [1.29, 1.82) is 0 Å². The summed E-state index contributed by atoms with van der Waals surface area (Å²) < 4.78 is 5.30. The quantitative estimate of drug-likeness (QED) is 0.591. The third-order valence-corrected chi connectivity index (χ3v) is 4.04. The van der Waals surface area contributed by atoms with E-state index in [-0.39, 0.29) is 16.8 Å². The highest BCUT2D eigenvalue weighted by Gasteiger charge is 2.12. The first-order valence-corrected chi connectivity index (χ1v) is 8.46. The number of amides is 1. The van der Waals surface area contributed by atoms with E-state index in [1.807, 2.05) is 19.1 Å². The first-order chi connectivity index (χ1) is 12.9. The highest BCUT2D eigenvalue weighted by molar-refractivity contribution is 7.80. The molecule has 6 nitrogen and oxygen atoms in total. The minimum atomic E-state index is -1.13. The first kappa shape index (κ1) is 18.3. The third-order valence-electron chi connectivity index (χ3n) is 3.84. The Morgan fingerprint density at radius 3 is 2.52 bits per heavy atom. The van der Waals surface area contributed by atoms with E-state index in [9.17, 15) is 9.59 Å². The summed E-state index contributed by atoms with van der Waals surface area (Å²) >= 11 is 5.21. The van der Waals surface area contributed by atoms with Gasteiger partial charge in [-0.3, -0.25) is 10.1 Å². The van der Waals surface area contributed by atoms with Gasteiger partial charge in [-0.2, -0.15) is 0 Å². The summed E-state index contributed by atoms with van der Waals surface area (Å²) in [5.41, 5.74) is 2.72. The van der Waals surface area contributed by atoms with Crippen molar-refractivity contribution in [2.24, 2.45) is 0 Å². The van der Waals surface area contributed by atoms with Crippen molar-refractivity contribution in [3.63, 3.8) is 0 Å². The minimum absolute atomic E-state index is 0.135. The second kappa shape index (κ2) is 7.84. The second-order valence-corrected chi connectivity index (χ2v) is 6.18. The first-order valence-electron chi connectivity index (χ1n) is 8.05. The van der Waals surface area contributed by atoms with E-state index in [0.717, 1.165) is 5.56 Å². The zero-order valence-electron chi connectivity index (χ0n) is 14.4. The number of carboxylic acid groups (broad SMARTS) is 1. The van der Waals surface area contributed by atoms with Gasteiger partial charge in [-0.05, 0) is 55.0 Å². The summed E-state index contributed by atoms with van der Waals surface area (Å²) in [4.78, 5) is 23.3. The van der Waals surface area contributed by atoms with E-state index < -0.39 is 5.97 Å². The molecule has 7 heteroatoms. The summed E-state index contributed by atoms with van der Waals surface area (Å²) in [6, 6.07) is 17.3. The highest BCUT2D eigenvalue weighted by atomic mass is 32.1. The lowest BCUT2D eigenvalue weighted by atomic mass is 10.1. The number of carbonyl (C=O) groups excluding carboxylic acids is 1. The largest absolute Gasteiger partial charge is 0.475 e. The van der Waals surface area contributed by atoms with E-state index in [1.165, 1.54) is 6.07 Å². The zero-order valence-corrected chi connectivity index (χ0v) is 15.2. The maximum absolute atomic E-state index is 12.3. The molecule has 0 aliphatic carbocycles. The molecule has 3 rings (SSSR count). The number of hydrogen-bond acceptors (Lipinski definition) is 4. The van der Waals surface area contributed by atoms with Gasteiger partial charge in [0.05, 0.1) is 0 Å². The molecule has 3 aromatic rings. The molecule has 1 aromatic heterocycles. The SMILES string of the molecule is Cc1ccccc1C(=O)NC(=S)Nc1cccc(-c2ccc(C(=O)O)o2)c1. The zero-order chi connectivity index (χ0) is 19.4. The summed E-state index contributed by atoms with van der Waals surface area (Å²) in [6.45, 7) is 1.85. The Morgan fingerprint density at radius 1 is 1.04 bits per heavy atom. The van der Waals surface area contributed by atoms with Gasteiger partial charge in [-0.1, -0.05) is 30.3 Å². The molecule has 0 saturated carbocycles. The smallest absolute Gasteiger partial charge is 0.371 e. The number of rotatable bonds is 4.